The molecule has 2 N–H and O–H groups in total. The maximum atomic E-state index is 12.7. The van der Waals surface area contributed by atoms with E-state index in [2.05, 4.69) is 37.6 Å². The molecule has 0 radical (unpaired) electrons. The summed E-state index contributed by atoms with van der Waals surface area (Å²) in [6.07, 6.45) is 5.76. The van der Waals surface area contributed by atoms with Crippen LogP contribution in [0.2, 0.25) is 0 Å². The van der Waals surface area contributed by atoms with Crippen molar-refractivity contribution in [2.75, 3.05) is 17.2 Å². The maximum absolute atomic E-state index is 12.7. The number of carbonyl (C=O) groups is 1. The van der Waals surface area contributed by atoms with Crippen molar-refractivity contribution in [3.05, 3.63) is 65.1 Å². The molecule has 9 heteroatoms. The second-order valence-corrected chi connectivity index (χ2v) is 8.83. The highest BCUT2D eigenvalue weighted by Gasteiger charge is 2.15. The molecule has 4 aromatic rings. The molecular weight excluding hydrogens is 442 g/mol. The zero-order valence-electron chi connectivity index (χ0n) is 20.2. The third-order valence-electron chi connectivity index (χ3n) is 6.16. The molecule has 5 rings (SSSR count). The summed E-state index contributed by atoms with van der Waals surface area (Å²) in [5, 5.41) is 10.8. The van der Waals surface area contributed by atoms with Crippen LogP contribution >= 0.6 is 0 Å². The van der Waals surface area contributed by atoms with Crippen LogP contribution in [0.3, 0.4) is 0 Å². The average molecular weight is 472 g/mol. The van der Waals surface area contributed by atoms with Crippen molar-refractivity contribution in [1.82, 2.24) is 24.7 Å². The molecule has 35 heavy (non-hydrogen) atoms. The Morgan fingerprint density at radius 2 is 2.11 bits per heavy atom. The molecule has 0 fully saturated rings. The number of aromatic nitrogens is 5. The third kappa shape index (κ3) is 5.08. The van der Waals surface area contributed by atoms with E-state index in [1.807, 2.05) is 55.1 Å². The van der Waals surface area contributed by atoms with Crippen molar-refractivity contribution in [2.24, 2.45) is 0 Å². The average Bonchev–Trinajstić information content (AvgIpc) is 3.27. The number of amides is 1. The predicted molar refractivity (Wildman–Crippen MR) is 135 cm³/mol. The van der Waals surface area contributed by atoms with Crippen LogP contribution in [0, 0.1) is 6.92 Å². The van der Waals surface area contributed by atoms with Crippen molar-refractivity contribution in [2.45, 2.75) is 52.6 Å². The standard InChI is InChI=1S/C26H29N7O2/c1-4-33-15-22-25(32-33)31-23(14-27-22)28-17(3)21-12-19(9-7-16(21)2)29-24(34)13-20-10-8-18-6-5-11-35-26(18)30-20/h7-10,12,14-15,17H,4-6,11,13H2,1-3H3,(H,29,34)(H,28,31,32)/t17-/m0/s1. The summed E-state index contributed by atoms with van der Waals surface area (Å²) >= 11 is 0. The van der Waals surface area contributed by atoms with Gasteiger partial charge in [0.15, 0.2) is 0 Å². The smallest absolute Gasteiger partial charge is 0.230 e. The van der Waals surface area contributed by atoms with E-state index >= 15 is 0 Å². The number of ether oxygens (including phenoxy) is 1. The molecule has 0 saturated carbocycles. The number of hydrogen-bond acceptors (Lipinski definition) is 7. The van der Waals surface area contributed by atoms with Gasteiger partial charge >= 0.3 is 0 Å². The van der Waals surface area contributed by atoms with Gasteiger partial charge in [-0.05, 0) is 62.9 Å². The highest BCUT2D eigenvalue weighted by molar-refractivity contribution is 5.92. The molecule has 1 aliphatic rings. The second kappa shape index (κ2) is 9.69. The Kier molecular flexibility index (Phi) is 6.31. The van der Waals surface area contributed by atoms with Gasteiger partial charge in [-0.2, -0.15) is 5.10 Å². The zero-order valence-corrected chi connectivity index (χ0v) is 20.2. The van der Waals surface area contributed by atoms with E-state index in [0.29, 0.717) is 29.6 Å². The minimum atomic E-state index is -0.119. The molecule has 0 saturated heterocycles. The first kappa shape index (κ1) is 22.8. The van der Waals surface area contributed by atoms with E-state index in [-0.39, 0.29) is 18.4 Å². The lowest BCUT2D eigenvalue weighted by Gasteiger charge is -2.18. The van der Waals surface area contributed by atoms with Gasteiger partial charge in [-0.1, -0.05) is 12.1 Å². The molecule has 4 heterocycles. The van der Waals surface area contributed by atoms with Gasteiger partial charge in [-0.15, -0.1) is 0 Å². The molecular formula is C26H29N7O2. The number of carbonyl (C=O) groups excluding carboxylic acids is 1. The lowest BCUT2D eigenvalue weighted by Crippen LogP contribution is -2.17. The highest BCUT2D eigenvalue weighted by atomic mass is 16.5. The van der Waals surface area contributed by atoms with Crippen LogP contribution in [0.1, 0.15) is 48.7 Å². The van der Waals surface area contributed by atoms with Crippen LogP contribution in [0.5, 0.6) is 5.88 Å². The number of anilines is 2. The number of benzene rings is 1. The van der Waals surface area contributed by atoms with Gasteiger partial charge in [0.1, 0.15) is 11.3 Å². The number of aryl methyl sites for hydroxylation is 3. The lowest BCUT2D eigenvalue weighted by molar-refractivity contribution is -0.115. The van der Waals surface area contributed by atoms with Crippen molar-refractivity contribution in [3.8, 4) is 5.88 Å². The lowest BCUT2D eigenvalue weighted by atomic mass is 10.0. The topological polar surface area (TPSA) is 107 Å². The largest absolute Gasteiger partial charge is 0.477 e. The molecule has 1 aliphatic heterocycles. The van der Waals surface area contributed by atoms with Crippen LogP contribution in [-0.4, -0.2) is 37.2 Å². The van der Waals surface area contributed by atoms with E-state index in [1.165, 1.54) is 0 Å². The monoisotopic (exact) mass is 471 g/mol. The molecule has 1 amide bonds. The van der Waals surface area contributed by atoms with Gasteiger partial charge in [0.05, 0.1) is 37.2 Å². The number of pyridine rings is 1. The van der Waals surface area contributed by atoms with E-state index in [9.17, 15) is 4.79 Å². The van der Waals surface area contributed by atoms with E-state index in [4.69, 9.17) is 4.74 Å². The van der Waals surface area contributed by atoms with Gasteiger partial charge in [-0.3, -0.25) is 9.48 Å². The molecule has 0 bridgehead atoms. The number of hydrogen-bond donors (Lipinski definition) is 2. The molecule has 1 atom stereocenters. The van der Waals surface area contributed by atoms with Gasteiger partial charge in [0.25, 0.3) is 0 Å². The third-order valence-corrected chi connectivity index (χ3v) is 6.16. The highest BCUT2D eigenvalue weighted by Crippen LogP contribution is 2.26. The molecule has 0 spiro atoms. The first-order chi connectivity index (χ1) is 17.0. The number of fused-ring (bicyclic) bond motifs is 2. The fourth-order valence-electron chi connectivity index (χ4n) is 4.28. The fourth-order valence-corrected chi connectivity index (χ4v) is 4.28. The minimum Gasteiger partial charge on any atom is -0.477 e. The molecule has 1 aromatic carbocycles. The van der Waals surface area contributed by atoms with Crippen molar-refractivity contribution in [3.63, 3.8) is 0 Å². The van der Waals surface area contributed by atoms with Crippen LogP contribution in [0.15, 0.2) is 42.7 Å². The molecule has 0 unspecified atom stereocenters. The summed E-state index contributed by atoms with van der Waals surface area (Å²) in [6, 6.07) is 9.77. The molecule has 180 valence electrons. The maximum Gasteiger partial charge on any atom is 0.230 e. The van der Waals surface area contributed by atoms with E-state index < -0.39 is 0 Å². The summed E-state index contributed by atoms with van der Waals surface area (Å²) in [5.74, 6) is 1.19. The quantitative estimate of drug-likeness (QED) is 0.415. The van der Waals surface area contributed by atoms with Gasteiger partial charge < -0.3 is 15.4 Å². The Hall–Kier alpha value is -4.01. The van der Waals surface area contributed by atoms with Gasteiger partial charge in [0, 0.05) is 17.8 Å². The van der Waals surface area contributed by atoms with E-state index in [1.54, 1.807) is 6.20 Å². The SMILES string of the molecule is CCn1cc2ncc(N[C@@H](C)c3cc(NC(=O)Cc4ccc5c(n4)OCCC5)ccc3C)nc2n1. The molecule has 0 aliphatic carbocycles. The zero-order chi connectivity index (χ0) is 24.4. The summed E-state index contributed by atoms with van der Waals surface area (Å²) in [7, 11) is 0. The Labute approximate surface area is 204 Å². The van der Waals surface area contributed by atoms with Crippen molar-refractivity contribution >= 4 is 28.6 Å². The number of nitrogens with zero attached hydrogens (tertiary/aromatic N) is 5. The molecule has 9 nitrogen and oxygen atoms in total. The molecule has 3 aromatic heterocycles. The normalized spacial score (nSPS) is 13.7. The summed E-state index contributed by atoms with van der Waals surface area (Å²) < 4.78 is 7.45. The van der Waals surface area contributed by atoms with E-state index in [0.717, 1.165) is 47.3 Å². The Morgan fingerprint density at radius 3 is 2.97 bits per heavy atom. The first-order valence-corrected chi connectivity index (χ1v) is 12.0. The van der Waals surface area contributed by atoms with Gasteiger partial charge in [-0.25, -0.2) is 15.0 Å². The van der Waals surface area contributed by atoms with Crippen molar-refractivity contribution in [1.29, 1.82) is 0 Å². The summed E-state index contributed by atoms with van der Waals surface area (Å²) in [5.41, 5.74) is 6.10. The fraction of sp³-hybridized carbons (Fsp3) is 0.346. The van der Waals surface area contributed by atoms with Crippen LogP contribution in [0.4, 0.5) is 11.5 Å². The Balaban J connectivity index is 1.27. The minimum absolute atomic E-state index is 0.0497. The summed E-state index contributed by atoms with van der Waals surface area (Å²) in [4.78, 5) is 26.3. The number of nitrogens with one attached hydrogen (secondary N) is 2. The first-order valence-electron chi connectivity index (χ1n) is 12.0. The Bertz CT molecular complexity index is 1380. The number of rotatable bonds is 7. The van der Waals surface area contributed by atoms with Crippen LogP contribution < -0.4 is 15.4 Å². The summed E-state index contributed by atoms with van der Waals surface area (Å²) in [6.45, 7) is 7.58. The van der Waals surface area contributed by atoms with Crippen LogP contribution in [0.25, 0.3) is 11.2 Å². The van der Waals surface area contributed by atoms with Gasteiger partial charge in [0.2, 0.25) is 17.4 Å². The second-order valence-electron chi connectivity index (χ2n) is 8.83. The Morgan fingerprint density at radius 1 is 1.23 bits per heavy atom. The van der Waals surface area contributed by atoms with Crippen molar-refractivity contribution < 1.29 is 9.53 Å². The predicted octanol–water partition coefficient (Wildman–Crippen LogP) is 4.23. The van der Waals surface area contributed by atoms with Crippen LogP contribution in [-0.2, 0) is 24.2 Å².